The highest BCUT2D eigenvalue weighted by Gasteiger charge is 2.32. The number of rotatable bonds is 5. The maximum absolute atomic E-state index is 13.3. The van der Waals surface area contributed by atoms with Crippen molar-refractivity contribution >= 4 is 33.5 Å². The van der Waals surface area contributed by atoms with E-state index < -0.39 is 40.3 Å². The number of nitrogens with zero attached hydrogens (tertiary/aromatic N) is 2. The molecule has 0 aromatic heterocycles. The minimum Gasteiger partial charge on any atom is -0.480 e. The van der Waals surface area contributed by atoms with Crippen molar-refractivity contribution in [3.63, 3.8) is 0 Å². The van der Waals surface area contributed by atoms with Crippen LogP contribution >= 0.6 is 11.6 Å². The van der Waals surface area contributed by atoms with Gasteiger partial charge in [0.25, 0.3) is 5.91 Å². The molecule has 138 valence electrons. The van der Waals surface area contributed by atoms with E-state index in [0.717, 1.165) is 18.4 Å². The van der Waals surface area contributed by atoms with Gasteiger partial charge in [-0.1, -0.05) is 11.6 Å². The normalized spacial score (nSPS) is 16.6. The lowest BCUT2D eigenvalue weighted by Gasteiger charge is -2.37. The van der Waals surface area contributed by atoms with Crippen molar-refractivity contribution in [3.05, 3.63) is 34.6 Å². The summed E-state index contributed by atoms with van der Waals surface area (Å²) in [7, 11) is -3.33. The number of sulfonamides is 1. The van der Waals surface area contributed by atoms with E-state index in [9.17, 15) is 22.4 Å². The highest BCUT2D eigenvalue weighted by Crippen LogP contribution is 2.22. The molecule has 1 aliphatic heterocycles. The average molecular weight is 393 g/mol. The number of aliphatic carboxylic acids is 1. The Morgan fingerprint density at radius 3 is 2.44 bits per heavy atom. The van der Waals surface area contributed by atoms with Crippen LogP contribution in [0.5, 0.6) is 0 Å². The van der Waals surface area contributed by atoms with Gasteiger partial charge in [0.2, 0.25) is 10.0 Å². The van der Waals surface area contributed by atoms with Crippen molar-refractivity contribution in [2.75, 3.05) is 25.9 Å². The molecule has 1 N–H and O–H groups in total. The van der Waals surface area contributed by atoms with Crippen LogP contribution in [0.15, 0.2) is 18.2 Å². The topological polar surface area (TPSA) is 95.0 Å². The minimum atomic E-state index is -3.33. The molecular weight excluding hydrogens is 375 g/mol. The zero-order valence-electron chi connectivity index (χ0n) is 13.5. The number of hydrogen-bond acceptors (Lipinski definition) is 4. The fraction of sp³-hybridized carbons (Fsp3) is 0.467. The van der Waals surface area contributed by atoms with Crippen LogP contribution in [0.1, 0.15) is 23.2 Å². The third-order valence-electron chi connectivity index (χ3n) is 4.07. The Kier molecular flexibility index (Phi) is 6.02. The predicted octanol–water partition coefficient (Wildman–Crippen LogP) is 1.43. The lowest BCUT2D eigenvalue weighted by atomic mass is 10.0. The third-order valence-corrected chi connectivity index (χ3v) is 5.66. The number of piperidine rings is 1. The molecule has 10 heteroatoms. The van der Waals surface area contributed by atoms with Gasteiger partial charge >= 0.3 is 5.97 Å². The number of carboxylic acid groups (broad SMARTS) is 1. The molecule has 0 unspecified atom stereocenters. The molecule has 1 amide bonds. The summed E-state index contributed by atoms with van der Waals surface area (Å²) in [6, 6.07) is 3.01. The molecule has 1 heterocycles. The maximum atomic E-state index is 13.3. The fourth-order valence-corrected chi connectivity index (χ4v) is 3.85. The van der Waals surface area contributed by atoms with Crippen LogP contribution in [-0.2, 0) is 14.8 Å². The zero-order valence-corrected chi connectivity index (χ0v) is 15.1. The monoisotopic (exact) mass is 392 g/mol. The van der Waals surface area contributed by atoms with Crippen LogP contribution in [0, 0.1) is 5.82 Å². The van der Waals surface area contributed by atoms with Crippen LogP contribution in [0.3, 0.4) is 0 Å². The number of carbonyl (C=O) groups excluding carboxylic acids is 1. The van der Waals surface area contributed by atoms with E-state index in [1.807, 2.05) is 0 Å². The second kappa shape index (κ2) is 7.67. The molecule has 25 heavy (non-hydrogen) atoms. The van der Waals surface area contributed by atoms with Gasteiger partial charge in [-0.25, -0.2) is 17.1 Å². The van der Waals surface area contributed by atoms with Crippen molar-refractivity contribution in [2.24, 2.45) is 0 Å². The molecule has 1 saturated heterocycles. The molecule has 1 aromatic rings. The number of amides is 1. The molecule has 0 aliphatic carbocycles. The smallest absolute Gasteiger partial charge is 0.323 e. The molecular formula is C15H18ClFN2O5S. The van der Waals surface area contributed by atoms with Crippen LogP contribution < -0.4 is 0 Å². The Hall–Kier alpha value is -1.71. The third kappa shape index (κ3) is 4.90. The van der Waals surface area contributed by atoms with Crippen molar-refractivity contribution < 1.29 is 27.5 Å². The summed E-state index contributed by atoms with van der Waals surface area (Å²) in [5.41, 5.74) is 0.0817. The molecule has 1 fully saturated rings. The quantitative estimate of drug-likeness (QED) is 0.817. The minimum absolute atomic E-state index is 0.0817. The molecule has 1 aliphatic rings. The van der Waals surface area contributed by atoms with E-state index in [-0.39, 0.29) is 23.7 Å². The lowest BCUT2D eigenvalue weighted by molar-refractivity contribution is -0.138. The van der Waals surface area contributed by atoms with Gasteiger partial charge in [0, 0.05) is 24.7 Å². The van der Waals surface area contributed by atoms with Crippen LogP contribution in [0.4, 0.5) is 4.39 Å². The van der Waals surface area contributed by atoms with E-state index >= 15 is 0 Å². The summed E-state index contributed by atoms with van der Waals surface area (Å²) in [4.78, 5) is 25.0. The van der Waals surface area contributed by atoms with Crippen LogP contribution in [-0.4, -0.2) is 66.5 Å². The predicted molar refractivity (Wildman–Crippen MR) is 89.5 cm³/mol. The molecule has 2 rings (SSSR count). The van der Waals surface area contributed by atoms with Gasteiger partial charge < -0.3 is 10.0 Å². The second-order valence-corrected chi connectivity index (χ2v) is 8.24. The van der Waals surface area contributed by atoms with E-state index in [1.54, 1.807) is 0 Å². The molecule has 0 radical (unpaired) electrons. The van der Waals surface area contributed by atoms with Crippen LogP contribution in [0.2, 0.25) is 5.02 Å². The maximum Gasteiger partial charge on any atom is 0.323 e. The Bertz CT molecular complexity index is 778. The Balaban J connectivity index is 2.20. The highest BCUT2D eigenvalue weighted by atomic mass is 35.5. The summed E-state index contributed by atoms with van der Waals surface area (Å²) in [6.45, 7) is -0.120. The first kappa shape index (κ1) is 19.6. The van der Waals surface area contributed by atoms with Crippen molar-refractivity contribution in [1.29, 1.82) is 0 Å². The summed E-state index contributed by atoms with van der Waals surface area (Å²) in [5.74, 6) is -2.45. The van der Waals surface area contributed by atoms with Gasteiger partial charge in [0.05, 0.1) is 11.3 Å². The van der Waals surface area contributed by atoms with E-state index in [0.29, 0.717) is 12.8 Å². The van der Waals surface area contributed by atoms with Crippen molar-refractivity contribution in [2.45, 2.75) is 18.9 Å². The molecule has 0 spiro atoms. The molecule has 0 saturated carbocycles. The average Bonchev–Trinajstić information content (AvgIpc) is 2.54. The van der Waals surface area contributed by atoms with E-state index in [2.05, 4.69) is 0 Å². The highest BCUT2D eigenvalue weighted by molar-refractivity contribution is 7.88. The first-order valence-electron chi connectivity index (χ1n) is 7.52. The van der Waals surface area contributed by atoms with Gasteiger partial charge in [0.15, 0.2) is 0 Å². The summed E-state index contributed by atoms with van der Waals surface area (Å²) in [5, 5.41) is 8.88. The zero-order chi connectivity index (χ0) is 18.8. The van der Waals surface area contributed by atoms with Crippen molar-refractivity contribution in [3.8, 4) is 0 Å². The molecule has 7 nitrogen and oxygen atoms in total. The molecule has 0 bridgehead atoms. The number of carbonyl (C=O) groups is 2. The lowest BCUT2D eigenvalue weighted by Crippen LogP contribution is -2.50. The van der Waals surface area contributed by atoms with Gasteiger partial charge in [-0.05, 0) is 31.0 Å². The first-order valence-corrected chi connectivity index (χ1v) is 9.75. The number of hydrogen-bond donors (Lipinski definition) is 1. The first-order chi connectivity index (χ1) is 11.6. The van der Waals surface area contributed by atoms with Gasteiger partial charge in [-0.2, -0.15) is 0 Å². The van der Waals surface area contributed by atoms with Gasteiger partial charge in [-0.3, -0.25) is 9.59 Å². The number of halogens is 2. The SMILES string of the molecule is CS(=O)(=O)N1CCC(N(CC(=O)O)C(=O)c2ccc(F)c(Cl)c2)CC1. The number of carboxylic acids is 1. The Morgan fingerprint density at radius 1 is 1.36 bits per heavy atom. The molecule has 1 aromatic carbocycles. The van der Waals surface area contributed by atoms with Gasteiger partial charge in [0.1, 0.15) is 12.4 Å². The number of benzene rings is 1. The van der Waals surface area contributed by atoms with E-state index in [4.69, 9.17) is 16.7 Å². The van der Waals surface area contributed by atoms with E-state index in [1.165, 1.54) is 15.3 Å². The fourth-order valence-electron chi connectivity index (χ4n) is 2.79. The second-order valence-electron chi connectivity index (χ2n) is 5.85. The Morgan fingerprint density at radius 2 is 1.96 bits per heavy atom. The Labute approximate surface area is 150 Å². The summed E-state index contributed by atoms with van der Waals surface area (Å²) in [6.07, 6.45) is 1.75. The molecule has 0 atom stereocenters. The van der Waals surface area contributed by atoms with Gasteiger partial charge in [-0.15, -0.1) is 0 Å². The standard InChI is InChI=1S/C15H18ClFN2O5S/c1-25(23,24)18-6-4-11(5-7-18)19(9-14(20)21)15(22)10-2-3-13(17)12(16)8-10/h2-3,8,11H,4-7,9H2,1H3,(H,20,21). The summed E-state index contributed by atoms with van der Waals surface area (Å²) >= 11 is 5.69. The largest absolute Gasteiger partial charge is 0.480 e. The summed E-state index contributed by atoms with van der Waals surface area (Å²) < 4.78 is 37.7. The van der Waals surface area contributed by atoms with Crippen LogP contribution in [0.25, 0.3) is 0 Å². The van der Waals surface area contributed by atoms with Crippen molar-refractivity contribution in [1.82, 2.24) is 9.21 Å².